The molecule has 5 nitrogen and oxygen atoms in total. The third-order valence-corrected chi connectivity index (χ3v) is 5.49. The molecule has 1 atom stereocenters. The van der Waals surface area contributed by atoms with E-state index in [1.54, 1.807) is 11.3 Å². The van der Waals surface area contributed by atoms with Crippen LogP contribution < -0.4 is 5.32 Å². The Morgan fingerprint density at radius 1 is 1.35 bits per heavy atom. The molecular weight excluding hydrogens is 310 g/mol. The van der Waals surface area contributed by atoms with E-state index < -0.39 is 0 Å². The molecular formula is C17H21N3O2S. The highest BCUT2D eigenvalue weighted by Gasteiger charge is 2.34. The lowest BCUT2D eigenvalue weighted by Crippen LogP contribution is -2.43. The van der Waals surface area contributed by atoms with Crippen LogP contribution in [-0.4, -0.2) is 41.7 Å². The molecule has 1 aromatic heterocycles. The molecule has 0 unspecified atom stereocenters. The van der Waals surface area contributed by atoms with Gasteiger partial charge in [-0.15, -0.1) is 11.3 Å². The van der Waals surface area contributed by atoms with Gasteiger partial charge in [0.25, 0.3) is 0 Å². The van der Waals surface area contributed by atoms with Crippen molar-refractivity contribution in [2.24, 2.45) is 5.92 Å². The molecule has 1 aliphatic heterocycles. The highest BCUT2D eigenvalue weighted by Crippen LogP contribution is 2.29. The molecule has 0 radical (unpaired) electrons. The monoisotopic (exact) mass is 331 g/mol. The number of nitrogens with one attached hydrogen (secondary N) is 1. The van der Waals surface area contributed by atoms with Gasteiger partial charge in [0.1, 0.15) is 5.01 Å². The van der Waals surface area contributed by atoms with Gasteiger partial charge in [0, 0.05) is 25.1 Å². The van der Waals surface area contributed by atoms with Crippen molar-refractivity contribution in [3.05, 3.63) is 29.3 Å². The SMILES string of the molecule is O=C(NCc1nc2ccccc2s1)N(C[C@@H]1CCOC1)C1CC1. The lowest BCUT2D eigenvalue weighted by Gasteiger charge is -2.25. The first-order valence-corrected chi connectivity index (χ1v) is 9.08. The van der Waals surface area contributed by atoms with Crippen molar-refractivity contribution in [1.29, 1.82) is 0 Å². The van der Waals surface area contributed by atoms with Crippen LogP contribution in [0.25, 0.3) is 10.2 Å². The van der Waals surface area contributed by atoms with Crippen molar-refractivity contribution in [1.82, 2.24) is 15.2 Å². The largest absolute Gasteiger partial charge is 0.381 e. The summed E-state index contributed by atoms with van der Waals surface area (Å²) in [5.74, 6) is 0.490. The maximum absolute atomic E-state index is 12.6. The van der Waals surface area contributed by atoms with Gasteiger partial charge in [-0.2, -0.15) is 0 Å². The lowest BCUT2D eigenvalue weighted by molar-refractivity contribution is 0.162. The molecule has 1 aliphatic carbocycles. The third-order valence-electron chi connectivity index (χ3n) is 4.46. The highest BCUT2D eigenvalue weighted by molar-refractivity contribution is 7.18. The van der Waals surface area contributed by atoms with Gasteiger partial charge in [-0.05, 0) is 31.4 Å². The van der Waals surface area contributed by atoms with Crippen molar-refractivity contribution in [2.45, 2.75) is 31.8 Å². The van der Waals surface area contributed by atoms with Crippen LogP contribution in [0, 0.1) is 5.92 Å². The topological polar surface area (TPSA) is 54.5 Å². The van der Waals surface area contributed by atoms with E-state index in [2.05, 4.69) is 16.4 Å². The van der Waals surface area contributed by atoms with Gasteiger partial charge >= 0.3 is 6.03 Å². The molecule has 2 aromatic rings. The predicted octanol–water partition coefficient (Wildman–Crippen LogP) is 3.01. The second kappa shape index (κ2) is 6.45. The Morgan fingerprint density at radius 2 is 2.22 bits per heavy atom. The summed E-state index contributed by atoms with van der Waals surface area (Å²) >= 11 is 1.64. The van der Waals surface area contributed by atoms with Crippen LogP contribution in [0.4, 0.5) is 4.79 Å². The van der Waals surface area contributed by atoms with Gasteiger partial charge < -0.3 is 15.0 Å². The van der Waals surface area contributed by atoms with E-state index in [1.807, 2.05) is 23.1 Å². The minimum absolute atomic E-state index is 0.0404. The Morgan fingerprint density at radius 3 is 2.96 bits per heavy atom. The standard InChI is InChI=1S/C17H21N3O2S/c21-17(20(13-5-6-13)10-12-7-8-22-11-12)18-9-16-19-14-3-1-2-4-15(14)23-16/h1-4,12-13H,5-11H2,(H,18,21)/t12-/m0/s1. The fourth-order valence-corrected chi connectivity index (χ4v) is 3.94. The molecule has 1 aromatic carbocycles. The lowest BCUT2D eigenvalue weighted by atomic mass is 10.1. The maximum atomic E-state index is 12.6. The van der Waals surface area contributed by atoms with Crippen molar-refractivity contribution in [3.8, 4) is 0 Å². The summed E-state index contributed by atoms with van der Waals surface area (Å²) in [4.78, 5) is 19.1. The number of carbonyl (C=O) groups is 1. The minimum atomic E-state index is 0.0404. The number of urea groups is 1. The first-order chi connectivity index (χ1) is 11.3. The molecule has 2 heterocycles. The number of nitrogens with zero attached hydrogens (tertiary/aromatic N) is 2. The Labute approximate surface area is 139 Å². The zero-order valence-corrected chi connectivity index (χ0v) is 13.8. The van der Waals surface area contributed by atoms with Crippen LogP contribution in [0.1, 0.15) is 24.3 Å². The van der Waals surface area contributed by atoms with Gasteiger partial charge in [-0.25, -0.2) is 9.78 Å². The van der Waals surface area contributed by atoms with E-state index in [-0.39, 0.29) is 6.03 Å². The van der Waals surface area contributed by atoms with Crippen molar-refractivity contribution >= 4 is 27.6 Å². The molecule has 6 heteroatoms. The molecule has 0 spiro atoms. The number of ether oxygens (including phenoxy) is 1. The van der Waals surface area contributed by atoms with Crippen LogP contribution >= 0.6 is 11.3 Å². The second-order valence-electron chi connectivity index (χ2n) is 6.35. The average Bonchev–Trinajstić information content (AvgIpc) is 3.11. The molecule has 1 saturated carbocycles. The van der Waals surface area contributed by atoms with Gasteiger partial charge in [-0.1, -0.05) is 12.1 Å². The number of hydrogen-bond acceptors (Lipinski definition) is 4. The minimum Gasteiger partial charge on any atom is -0.381 e. The van der Waals surface area contributed by atoms with Gasteiger partial charge in [0.15, 0.2) is 0 Å². The maximum Gasteiger partial charge on any atom is 0.318 e. The number of thiazole rings is 1. The van der Waals surface area contributed by atoms with Crippen molar-refractivity contribution in [2.75, 3.05) is 19.8 Å². The molecule has 1 N–H and O–H groups in total. The van der Waals surface area contributed by atoms with E-state index in [1.165, 1.54) is 4.70 Å². The zero-order valence-electron chi connectivity index (χ0n) is 13.0. The zero-order chi connectivity index (χ0) is 15.6. The Kier molecular flexibility index (Phi) is 4.18. The van der Waals surface area contributed by atoms with Gasteiger partial charge in [0.2, 0.25) is 0 Å². The number of carbonyl (C=O) groups excluding carboxylic acids is 1. The molecule has 2 fully saturated rings. The fourth-order valence-electron chi connectivity index (χ4n) is 3.04. The van der Waals surface area contributed by atoms with Crippen molar-refractivity contribution < 1.29 is 9.53 Å². The molecule has 23 heavy (non-hydrogen) atoms. The summed E-state index contributed by atoms with van der Waals surface area (Å²) in [6, 6.07) is 8.54. The normalized spacial score (nSPS) is 20.8. The summed E-state index contributed by atoms with van der Waals surface area (Å²) in [5.41, 5.74) is 1.00. The average molecular weight is 331 g/mol. The van der Waals surface area contributed by atoms with Crippen LogP contribution in [0.3, 0.4) is 0 Å². The van der Waals surface area contributed by atoms with E-state index in [4.69, 9.17) is 4.74 Å². The third kappa shape index (κ3) is 3.48. The second-order valence-corrected chi connectivity index (χ2v) is 7.46. The van der Waals surface area contributed by atoms with E-state index in [0.29, 0.717) is 18.5 Å². The summed E-state index contributed by atoms with van der Waals surface area (Å²) < 4.78 is 6.60. The fraction of sp³-hybridized carbons (Fsp3) is 0.529. The van der Waals surface area contributed by atoms with E-state index >= 15 is 0 Å². The number of amides is 2. The van der Waals surface area contributed by atoms with Crippen LogP contribution in [-0.2, 0) is 11.3 Å². The summed E-state index contributed by atoms with van der Waals surface area (Å²) in [7, 11) is 0. The van der Waals surface area contributed by atoms with Crippen LogP contribution in [0.5, 0.6) is 0 Å². The van der Waals surface area contributed by atoms with Gasteiger partial charge in [-0.3, -0.25) is 0 Å². The number of benzene rings is 1. The molecule has 0 bridgehead atoms. The molecule has 122 valence electrons. The number of hydrogen-bond donors (Lipinski definition) is 1. The van der Waals surface area contributed by atoms with Crippen LogP contribution in [0.2, 0.25) is 0 Å². The summed E-state index contributed by atoms with van der Waals surface area (Å²) in [6.45, 7) is 2.93. The first-order valence-electron chi connectivity index (χ1n) is 8.26. The molecule has 1 saturated heterocycles. The Balaban J connectivity index is 1.37. The quantitative estimate of drug-likeness (QED) is 0.916. The summed E-state index contributed by atoms with van der Waals surface area (Å²) in [6.07, 6.45) is 3.32. The molecule has 2 aliphatic rings. The van der Waals surface area contributed by atoms with E-state index in [0.717, 1.165) is 49.5 Å². The number of aromatic nitrogens is 1. The predicted molar refractivity (Wildman–Crippen MR) is 90.5 cm³/mol. The number of para-hydroxylation sites is 1. The molecule has 2 amide bonds. The Hall–Kier alpha value is -1.66. The Bertz CT molecular complexity index is 659. The summed E-state index contributed by atoms with van der Waals surface area (Å²) in [5, 5.41) is 4.01. The van der Waals surface area contributed by atoms with E-state index in [9.17, 15) is 4.79 Å². The van der Waals surface area contributed by atoms with Crippen molar-refractivity contribution in [3.63, 3.8) is 0 Å². The van der Waals surface area contributed by atoms with Gasteiger partial charge in [0.05, 0.1) is 23.4 Å². The first kappa shape index (κ1) is 14.9. The number of rotatable bonds is 5. The van der Waals surface area contributed by atoms with Crippen LogP contribution in [0.15, 0.2) is 24.3 Å². The highest BCUT2D eigenvalue weighted by atomic mass is 32.1. The molecule has 4 rings (SSSR count). The number of fused-ring (bicyclic) bond motifs is 1. The smallest absolute Gasteiger partial charge is 0.318 e.